The van der Waals surface area contributed by atoms with Gasteiger partial charge in [-0.1, -0.05) is 0 Å². The molecule has 1 saturated heterocycles. The van der Waals surface area contributed by atoms with Crippen LogP contribution in [0.15, 0.2) is 0 Å². The Morgan fingerprint density at radius 3 is 2.45 bits per heavy atom. The monoisotopic (exact) mass is 279 g/mol. The molecule has 108 valence electrons. The number of carbonyl (C=O) groups is 2. The lowest BCUT2D eigenvalue weighted by molar-refractivity contribution is 0.0589. The number of amides is 2. The molecule has 1 saturated carbocycles. The molecule has 1 aliphatic carbocycles. The first-order valence-corrected chi connectivity index (χ1v) is 6.73. The molecule has 0 aromatic carbocycles. The number of rotatable bonds is 2. The number of H-pyrrole nitrogens is 1. The van der Waals surface area contributed by atoms with E-state index in [1.807, 2.05) is 0 Å². The van der Waals surface area contributed by atoms with Crippen molar-refractivity contribution in [2.24, 2.45) is 0 Å². The Morgan fingerprint density at radius 1 is 1.20 bits per heavy atom. The molecule has 2 fully saturated rings. The summed E-state index contributed by atoms with van der Waals surface area (Å²) in [6, 6.07) is 0. The number of piperazine rings is 1. The molecular weight excluding hydrogens is 262 g/mol. The summed E-state index contributed by atoms with van der Waals surface area (Å²) < 4.78 is 4.66. The molecular formula is C12H17N5O3. The minimum Gasteiger partial charge on any atom is -0.453 e. The van der Waals surface area contributed by atoms with E-state index in [9.17, 15) is 9.59 Å². The largest absolute Gasteiger partial charge is 0.453 e. The molecule has 2 amide bonds. The first kappa shape index (κ1) is 12.9. The van der Waals surface area contributed by atoms with Gasteiger partial charge in [0.1, 0.15) is 5.82 Å². The number of nitrogens with zero attached hydrogens (tertiary/aromatic N) is 4. The van der Waals surface area contributed by atoms with E-state index in [0.29, 0.717) is 32.1 Å². The lowest BCUT2D eigenvalue weighted by Crippen LogP contribution is -2.50. The summed E-state index contributed by atoms with van der Waals surface area (Å²) in [6.07, 6.45) is 1.87. The van der Waals surface area contributed by atoms with Gasteiger partial charge in [-0.2, -0.15) is 0 Å². The zero-order valence-corrected chi connectivity index (χ0v) is 11.3. The van der Waals surface area contributed by atoms with Crippen molar-refractivity contribution in [3.05, 3.63) is 11.6 Å². The normalized spacial score (nSPS) is 19.1. The first-order valence-electron chi connectivity index (χ1n) is 6.73. The quantitative estimate of drug-likeness (QED) is 0.835. The van der Waals surface area contributed by atoms with Gasteiger partial charge in [-0.15, -0.1) is 5.10 Å². The van der Waals surface area contributed by atoms with Gasteiger partial charge in [0, 0.05) is 32.1 Å². The minimum absolute atomic E-state index is 0.183. The standard InChI is InChI=1S/C12H17N5O3/c1-20-12(19)17-6-4-16(5-7-17)11(18)10-13-9(14-15-10)8-2-3-8/h8H,2-7H2,1H3,(H,13,14,15). The molecule has 0 radical (unpaired) electrons. The lowest BCUT2D eigenvalue weighted by Gasteiger charge is -2.33. The number of ether oxygens (including phenoxy) is 1. The molecule has 0 bridgehead atoms. The molecule has 0 spiro atoms. The molecule has 2 heterocycles. The Balaban J connectivity index is 1.59. The van der Waals surface area contributed by atoms with Crippen molar-refractivity contribution in [2.75, 3.05) is 33.3 Å². The maximum atomic E-state index is 12.2. The highest BCUT2D eigenvalue weighted by atomic mass is 16.5. The maximum absolute atomic E-state index is 12.2. The average molecular weight is 279 g/mol. The Labute approximate surface area is 116 Å². The molecule has 1 aromatic heterocycles. The van der Waals surface area contributed by atoms with Crippen LogP contribution in [0.1, 0.15) is 35.2 Å². The molecule has 0 unspecified atom stereocenters. The van der Waals surface area contributed by atoms with Gasteiger partial charge in [0.15, 0.2) is 0 Å². The molecule has 1 aliphatic heterocycles. The van der Waals surface area contributed by atoms with Crippen LogP contribution >= 0.6 is 0 Å². The van der Waals surface area contributed by atoms with Gasteiger partial charge in [0.25, 0.3) is 5.91 Å². The van der Waals surface area contributed by atoms with Crippen LogP contribution in [0.5, 0.6) is 0 Å². The van der Waals surface area contributed by atoms with Crippen LogP contribution in [0.4, 0.5) is 4.79 Å². The highest BCUT2D eigenvalue weighted by molar-refractivity contribution is 5.90. The first-order chi connectivity index (χ1) is 9.69. The van der Waals surface area contributed by atoms with Crippen molar-refractivity contribution in [2.45, 2.75) is 18.8 Å². The van der Waals surface area contributed by atoms with Gasteiger partial charge >= 0.3 is 6.09 Å². The van der Waals surface area contributed by atoms with Crippen molar-refractivity contribution in [3.63, 3.8) is 0 Å². The summed E-state index contributed by atoms with van der Waals surface area (Å²) in [5.74, 6) is 1.29. The minimum atomic E-state index is -0.356. The molecule has 20 heavy (non-hydrogen) atoms. The maximum Gasteiger partial charge on any atom is 0.409 e. The summed E-state index contributed by atoms with van der Waals surface area (Å²) in [7, 11) is 1.35. The van der Waals surface area contributed by atoms with E-state index >= 15 is 0 Å². The van der Waals surface area contributed by atoms with Gasteiger partial charge in [0.05, 0.1) is 7.11 Å². The summed E-state index contributed by atoms with van der Waals surface area (Å²) >= 11 is 0. The third-order valence-electron chi connectivity index (χ3n) is 3.66. The van der Waals surface area contributed by atoms with Gasteiger partial charge in [-0.3, -0.25) is 9.89 Å². The summed E-state index contributed by atoms with van der Waals surface area (Å²) in [5.41, 5.74) is 0. The number of carbonyl (C=O) groups excluding carboxylic acids is 2. The van der Waals surface area contributed by atoms with E-state index in [2.05, 4.69) is 19.9 Å². The van der Waals surface area contributed by atoms with Crippen LogP contribution in [-0.4, -0.2) is 70.3 Å². The molecule has 3 rings (SSSR count). The van der Waals surface area contributed by atoms with E-state index in [1.54, 1.807) is 9.80 Å². The van der Waals surface area contributed by atoms with Gasteiger partial charge in [-0.25, -0.2) is 9.78 Å². The highest BCUT2D eigenvalue weighted by Crippen LogP contribution is 2.37. The zero-order chi connectivity index (χ0) is 14.1. The number of aromatic nitrogens is 3. The lowest BCUT2D eigenvalue weighted by atomic mass is 10.3. The number of methoxy groups -OCH3 is 1. The molecule has 8 nitrogen and oxygen atoms in total. The smallest absolute Gasteiger partial charge is 0.409 e. The molecule has 1 aromatic rings. The number of hydrogen-bond acceptors (Lipinski definition) is 5. The fourth-order valence-electron chi connectivity index (χ4n) is 2.27. The number of nitrogens with one attached hydrogen (secondary N) is 1. The van der Waals surface area contributed by atoms with Crippen LogP contribution in [0.25, 0.3) is 0 Å². The topological polar surface area (TPSA) is 91.4 Å². The third-order valence-corrected chi connectivity index (χ3v) is 3.66. The van der Waals surface area contributed by atoms with Gasteiger partial charge in [-0.05, 0) is 12.8 Å². The van der Waals surface area contributed by atoms with E-state index in [-0.39, 0.29) is 17.8 Å². The van der Waals surface area contributed by atoms with E-state index in [0.717, 1.165) is 18.7 Å². The predicted octanol–water partition coefficient (Wildman–Crippen LogP) is 0.206. The van der Waals surface area contributed by atoms with Crippen LogP contribution in [-0.2, 0) is 4.74 Å². The average Bonchev–Trinajstić information content (AvgIpc) is 3.23. The van der Waals surface area contributed by atoms with E-state index in [1.165, 1.54) is 7.11 Å². The Kier molecular flexibility index (Phi) is 3.29. The van der Waals surface area contributed by atoms with E-state index < -0.39 is 0 Å². The summed E-state index contributed by atoms with van der Waals surface area (Å²) in [4.78, 5) is 31.1. The number of hydrogen-bond donors (Lipinski definition) is 1. The third kappa shape index (κ3) is 2.45. The summed E-state index contributed by atoms with van der Waals surface area (Å²) in [5, 5.41) is 6.82. The zero-order valence-electron chi connectivity index (χ0n) is 11.3. The molecule has 2 aliphatic rings. The second-order valence-corrected chi connectivity index (χ2v) is 5.07. The fourth-order valence-corrected chi connectivity index (χ4v) is 2.27. The molecule has 0 atom stereocenters. The van der Waals surface area contributed by atoms with Crippen molar-refractivity contribution in [1.29, 1.82) is 0 Å². The van der Waals surface area contributed by atoms with Crippen LogP contribution in [0.3, 0.4) is 0 Å². The second-order valence-electron chi connectivity index (χ2n) is 5.07. The summed E-state index contributed by atoms with van der Waals surface area (Å²) in [6.45, 7) is 1.89. The molecule has 1 N–H and O–H groups in total. The van der Waals surface area contributed by atoms with Crippen LogP contribution in [0.2, 0.25) is 0 Å². The second kappa shape index (κ2) is 5.10. The Hall–Kier alpha value is -2.12. The number of aromatic amines is 1. The highest BCUT2D eigenvalue weighted by Gasteiger charge is 2.30. The van der Waals surface area contributed by atoms with Gasteiger partial charge < -0.3 is 14.5 Å². The Bertz CT molecular complexity index is 517. The van der Waals surface area contributed by atoms with Crippen LogP contribution < -0.4 is 0 Å². The molecule has 8 heteroatoms. The van der Waals surface area contributed by atoms with E-state index in [4.69, 9.17) is 0 Å². The fraction of sp³-hybridized carbons (Fsp3) is 0.667. The predicted molar refractivity (Wildman–Crippen MR) is 68.2 cm³/mol. The van der Waals surface area contributed by atoms with Crippen molar-refractivity contribution >= 4 is 12.0 Å². The van der Waals surface area contributed by atoms with Crippen molar-refractivity contribution in [3.8, 4) is 0 Å². The van der Waals surface area contributed by atoms with Crippen LogP contribution in [0, 0.1) is 0 Å². The van der Waals surface area contributed by atoms with Crippen molar-refractivity contribution < 1.29 is 14.3 Å². The van der Waals surface area contributed by atoms with Crippen molar-refractivity contribution in [1.82, 2.24) is 25.0 Å². The SMILES string of the molecule is COC(=O)N1CCN(C(=O)c2n[nH]c(C3CC3)n2)CC1. The Morgan fingerprint density at radius 2 is 1.85 bits per heavy atom. The van der Waals surface area contributed by atoms with Gasteiger partial charge in [0.2, 0.25) is 5.82 Å².